The Labute approximate surface area is 302 Å². The number of carboxylic acids is 1. The smallest absolute Gasteiger partial charge is 0.335 e. The number of fused-ring (bicyclic) bond motifs is 2. The SMILES string of the molecule is Cc1cc2cc(C(=O)O)cc(O[C@@H]3O[C@H](C4(O)CCCCC4)[C@@H](O)[C@H](O)[C@H]3O)c2c(O)c1C(=O)C[C@@H]1CC[C@@H](Cc2ccccc2)c2ccccc21. The molecule has 10 nitrogen and oxygen atoms in total. The average molecular weight is 711 g/mol. The summed E-state index contributed by atoms with van der Waals surface area (Å²) in [5, 5.41) is 66.1. The number of aliphatic hydroxyl groups excluding tert-OH is 3. The number of ketones is 1. The normalized spacial score (nSPS) is 27.1. The molecule has 4 aromatic rings. The number of phenols is 1. The van der Waals surface area contributed by atoms with E-state index in [2.05, 4.69) is 24.3 Å². The first-order chi connectivity index (χ1) is 24.9. The van der Waals surface area contributed by atoms with Crippen molar-refractivity contribution in [1.29, 1.82) is 0 Å². The van der Waals surface area contributed by atoms with Gasteiger partial charge in [-0.25, -0.2) is 4.79 Å². The Hall–Kier alpha value is -4.32. The van der Waals surface area contributed by atoms with Crippen LogP contribution in [0.25, 0.3) is 10.8 Å². The fourth-order valence-corrected chi connectivity index (χ4v) is 8.77. The second kappa shape index (κ2) is 14.6. The van der Waals surface area contributed by atoms with E-state index in [-0.39, 0.29) is 45.8 Å². The lowest BCUT2D eigenvalue weighted by Gasteiger charge is -2.48. The number of aliphatic hydroxyl groups is 4. The molecule has 3 aliphatic rings. The highest BCUT2D eigenvalue weighted by Crippen LogP contribution is 2.46. The number of hydrogen-bond donors (Lipinski definition) is 6. The van der Waals surface area contributed by atoms with Gasteiger partial charge in [-0.3, -0.25) is 4.79 Å². The van der Waals surface area contributed by atoms with Crippen LogP contribution in [0.1, 0.15) is 106 Å². The predicted molar refractivity (Wildman–Crippen MR) is 193 cm³/mol. The fourth-order valence-electron chi connectivity index (χ4n) is 8.77. The maximum atomic E-state index is 14.2. The van der Waals surface area contributed by atoms with E-state index in [1.165, 1.54) is 17.2 Å². The van der Waals surface area contributed by atoms with E-state index in [1.54, 1.807) is 13.0 Å². The van der Waals surface area contributed by atoms with Gasteiger partial charge in [-0.15, -0.1) is 0 Å². The van der Waals surface area contributed by atoms with E-state index in [9.17, 15) is 40.2 Å². The summed E-state index contributed by atoms with van der Waals surface area (Å²) < 4.78 is 12.0. The summed E-state index contributed by atoms with van der Waals surface area (Å²) in [6.07, 6.45) is -2.46. The predicted octanol–water partition coefficient (Wildman–Crippen LogP) is 5.91. The molecular weight excluding hydrogens is 664 g/mol. The third-order valence-corrected chi connectivity index (χ3v) is 11.5. The molecule has 1 heterocycles. The highest BCUT2D eigenvalue weighted by molar-refractivity contribution is 6.09. The standard InChI is InChI=1S/C42H46O10/c1-23-18-27-20-28(40(48)49)22-32(51-41-38(47)36(45)37(46)39(52-41)42(50)16-8-3-9-17-42)34(27)35(44)33(23)31(43)21-26-15-14-25(19-24-10-4-2-5-11-24)29-12-6-7-13-30(26)29/h2,4-7,10-13,18,20,22,25-26,36-39,41,44-47,50H,3,8-9,14-17,19,21H2,1H3,(H,48,49)/t25-,26-,36-,37-,38+,39-,41+/m0/s1. The van der Waals surface area contributed by atoms with Crippen molar-refractivity contribution in [2.24, 2.45) is 0 Å². The summed E-state index contributed by atoms with van der Waals surface area (Å²) >= 11 is 0. The maximum Gasteiger partial charge on any atom is 0.335 e. The minimum Gasteiger partial charge on any atom is -0.506 e. The van der Waals surface area contributed by atoms with Crippen LogP contribution in [-0.2, 0) is 11.2 Å². The zero-order valence-corrected chi connectivity index (χ0v) is 29.1. The lowest BCUT2D eigenvalue weighted by atomic mass is 9.72. The van der Waals surface area contributed by atoms with E-state index in [0.717, 1.165) is 37.3 Å². The molecule has 2 fully saturated rings. The summed E-state index contributed by atoms with van der Waals surface area (Å²) in [5.74, 6) is -1.91. The molecule has 7 rings (SSSR count). The van der Waals surface area contributed by atoms with Crippen LogP contribution in [-0.4, -0.2) is 78.7 Å². The van der Waals surface area contributed by atoms with Crippen LogP contribution in [0, 0.1) is 6.92 Å². The molecule has 7 atom stereocenters. The summed E-state index contributed by atoms with van der Waals surface area (Å²) in [6.45, 7) is 1.69. The summed E-state index contributed by atoms with van der Waals surface area (Å²) in [4.78, 5) is 26.4. The van der Waals surface area contributed by atoms with E-state index in [1.807, 2.05) is 30.3 Å². The molecule has 1 saturated heterocycles. The van der Waals surface area contributed by atoms with Gasteiger partial charge in [0.2, 0.25) is 6.29 Å². The lowest BCUT2D eigenvalue weighted by Crippen LogP contribution is -2.65. The number of aryl methyl sites for hydroxylation is 1. The number of rotatable bonds is 9. The van der Waals surface area contributed by atoms with Gasteiger partial charge in [-0.2, -0.15) is 0 Å². The number of benzene rings is 4. The second-order valence-corrected chi connectivity index (χ2v) is 14.9. The van der Waals surface area contributed by atoms with Gasteiger partial charge in [-0.1, -0.05) is 79.9 Å². The zero-order chi connectivity index (χ0) is 36.7. The molecule has 4 aromatic carbocycles. The number of carboxylic acid groups (broad SMARTS) is 1. The molecule has 52 heavy (non-hydrogen) atoms. The Morgan fingerprint density at radius 2 is 1.50 bits per heavy atom. The van der Waals surface area contributed by atoms with Crippen molar-refractivity contribution < 1.29 is 49.7 Å². The van der Waals surface area contributed by atoms with Gasteiger partial charge in [0.1, 0.15) is 35.9 Å². The van der Waals surface area contributed by atoms with E-state index >= 15 is 0 Å². The first kappa shape index (κ1) is 36.1. The number of carbonyl (C=O) groups excluding carboxylic acids is 1. The van der Waals surface area contributed by atoms with Gasteiger partial charge in [0.05, 0.1) is 22.1 Å². The van der Waals surface area contributed by atoms with Gasteiger partial charge in [-0.05, 0) is 90.6 Å². The molecule has 0 spiro atoms. The largest absolute Gasteiger partial charge is 0.506 e. The monoisotopic (exact) mass is 710 g/mol. The molecular formula is C42H46O10. The van der Waals surface area contributed by atoms with Crippen molar-refractivity contribution in [3.8, 4) is 11.5 Å². The molecule has 2 aliphatic carbocycles. The van der Waals surface area contributed by atoms with Crippen LogP contribution in [0.4, 0.5) is 0 Å². The molecule has 0 radical (unpaired) electrons. The Kier molecular flexibility index (Phi) is 10.1. The van der Waals surface area contributed by atoms with Crippen LogP contribution in [0.15, 0.2) is 72.8 Å². The van der Waals surface area contributed by atoms with E-state index in [0.29, 0.717) is 37.2 Å². The van der Waals surface area contributed by atoms with Gasteiger partial charge >= 0.3 is 5.97 Å². The highest BCUT2D eigenvalue weighted by atomic mass is 16.7. The topological polar surface area (TPSA) is 174 Å². The van der Waals surface area contributed by atoms with Crippen molar-refractivity contribution in [2.45, 2.75) is 113 Å². The number of ether oxygens (including phenoxy) is 2. The third kappa shape index (κ3) is 6.81. The molecule has 0 bridgehead atoms. The Morgan fingerprint density at radius 3 is 2.19 bits per heavy atom. The third-order valence-electron chi connectivity index (χ3n) is 11.5. The second-order valence-electron chi connectivity index (χ2n) is 14.9. The van der Waals surface area contributed by atoms with Crippen molar-refractivity contribution in [3.63, 3.8) is 0 Å². The summed E-state index contributed by atoms with van der Waals surface area (Å²) in [7, 11) is 0. The number of aromatic hydroxyl groups is 1. The van der Waals surface area contributed by atoms with Crippen molar-refractivity contribution in [1.82, 2.24) is 0 Å². The molecule has 10 heteroatoms. The Balaban J connectivity index is 1.21. The molecule has 0 unspecified atom stereocenters. The van der Waals surface area contributed by atoms with E-state index < -0.39 is 48.0 Å². The molecule has 6 N–H and O–H groups in total. The molecule has 1 aliphatic heterocycles. The minimum absolute atomic E-state index is 0.0373. The Morgan fingerprint density at radius 1 is 0.846 bits per heavy atom. The molecule has 1 saturated carbocycles. The number of hydrogen-bond acceptors (Lipinski definition) is 9. The van der Waals surface area contributed by atoms with Crippen LogP contribution in [0.5, 0.6) is 11.5 Å². The van der Waals surface area contributed by atoms with E-state index in [4.69, 9.17) is 9.47 Å². The number of Topliss-reactive ketones (excluding diaryl/α,β-unsaturated/α-hetero) is 1. The van der Waals surface area contributed by atoms with Gasteiger partial charge in [0, 0.05) is 6.42 Å². The first-order valence-electron chi connectivity index (χ1n) is 18.2. The highest BCUT2D eigenvalue weighted by Gasteiger charge is 2.53. The van der Waals surface area contributed by atoms with Crippen LogP contribution in [0.3, 0.4) is 0 Å². The van der Waals surface area contributed by atoms with Crippen LogP contribution >= 0.6 is 0 Å². The zero-order valence-electron chi connectivity index (χ0n) is 29.1. The number of aromatic carboxylic acids is 1. The average Bonchev–Trinajstić information content (AvgIpc) is 3.13. The number of carbonyl (C=O) groups is 2. The lowest BCUT2D eigenvalue weighted by molar-refractivity contribution is -0.308. The van der Waals surface area contributed by atoms with Crippen LogP contribution < -0.4 is 4.74 Å². The summed E-state index contributed by atoms with van der Waals surface area (Å²) in [6, 6.07) is 22.7. The van der Waals surface area contributed by atoms with Gasteiger partial charge < -0.3 is 40.1 Å². The molecule has 0 amide bonds. The van der Waals surface area contributed by atoms with Gasteiger partial charge in [0.15, 0.2) is 5.78 Å². The minimum atomic E-state index is -1.78. The van der Waals surface area contributed by atoms with Crippen molar-refractivity contribution in [2.75, 3.05) is 0 Å². The molecule has 274 valence electrons. The van der Waals surface area contributed by atoms with Gasteiger partial charge in [0.25, 0.3) is 0 Å². The summed E-state index contributed by atoms with van der Waals surface area (Å²) in [5.41, 5.74) is 2.48. The first-order valence-corrected chi connectivity index (χ1v) is 18.2. The maximum absolute atomic E-state index is 14.2. The molecule has 0 aromatic heterocycles. The Bertz CT molecular complexity index is 1950. The van der Waals surface area contributed by atoms with Crippen LogP contribution in [0.2, 0.25) is 0 Å². The number of phenolic OH excluding ortho intramolecular Hbond substituents is 1. The quantitative estimate of drug-likeness (QED) is 0.115. The fraction of sp³-hybridized carbons (Fsp3) is 0.429. The van der Waals surface area contributed by atoms with Crippen molar-refractivity contribution in [3.05, 3.63) is 106 Å². The van der Waals surface area contributed by atoms with Crippen molar-refractivity contribution >= 4 is 22.5 Å².